The molecule has 0 fully saturated rings. The lowest BCUT2D eigenvalue weighted by Crippen LogP contribution is -2.01. The number of carbonyl (C=O) groups excluding carboxylic acids is 1. The van der Waals surface area contributed by atoms with Crippen molar-refractivity contribution in [3.8, 4) is 0 Å². The molecule has 0 aromatic carbocycles. The minimum Gasteiger partial charge on any atom is -0.382 e. The van der Waals surface area contributed by atoms with Gasteiger partial charge >= 0.3 is 0 Å². The predicted molar refractivity (Wildman–Crippen MR) is 37.0 cm³/mol. The molecule has 0 aliphatic heterocycles. The molecule has 56 valence electrons. The molecule has 9 heavy (non-hydrogen) atoms. The first kappa shape index (κ1) is 11.3. The Bertz CT molecular complexity index is 58.1. The first-order valence-electron chi connectivity index (χ1n) is 2.98. The highest BCUT2D eigenvalue weighted by molar-refractivity contribution is 5.70. The van der Waals surface area contributed by atoms with Gasteiger partial charge in [0, 0.05) is 20.1 Å². The monoisotopic (exact) mass is 133 g/mol. The highest BCUT2D eigenvalue weighted by atomic mass is 16.5. The zero-order valence-electron chi connectivity index (χ0n) is 6.31. The van der Waals surface area contributed by atoms with Gasteiger partial charge in [0.1, 0.15) is 0 Å². The molecule has 0 aromatic heterocycles. The minimum atomic E-state index is -0.333. The number of carbonyl (C=O) groups is 1. The number of ether oxygens (including phenoxy) is 1. The number of amides is 1. The summed E-state index contributed by atoms with van der Waals surface area (Å²) >= 11 is 0. The lowest BCUT2D eigenvalue weighted by molar-refractivity contribution is -0.115. The molecule has 2 N–H and O–H groups in total. The first-order valence-corrected chi connectivity index (χ1v) is 2.98. The van der Waals surface area contributed by atoms with Crippen molar-refractivity contribution in [3.05, 3.63) is 0 Å². The first-order chi connectivity index (χ1) is 4.15. The van der Waals surface area contributed by atoms with E-state index in [1.165, 1.54) is 6.92 Å². The van der Waals surface area contributed by atoms with E-state index in [1.807, 2.05) is 13.8 Å². The summed E-state index contributed by atoms with van der Waals surface area (Å²) in [7, 11) is 0. The lowest BCUT2D eigenvalue weighted by atomic mass is 10.8. The van der Waals surface area contributed by atoms with Gasteiger partial charge in [0.15, 0.2) is 0 Å². The molecule has 3 heteroatoms. The van der Waals surface area contributed by atoms with Crippen LogP contribution in [0.25, 0.3) is 0 Å². The number of hydrogen-bond donors (Lipinski definition) is 1. The standard InChI is InChI=1S/C4H10O.C2H5NO/c1-3-5-4-2;1-2(3)4/h3-4H2,1-2H3;1H3,(H2,3,4). The van der Waals surface area contributed by atoms with Gasteiger partial charge in [-0.1, -0.05) is 0 Å². The normalized spacial score (nSPS) is 7.44. The molecule has 0 unspecified atom stereocenters. The fourth-order valence-corrected chi connectivity index (χ4v) is 0.204. The van der Waals surface area contributed by atoms with E-state index in [2.05, 4.69) is 5.73 Å². The zero-order chi connectivity index (χ0) is 7.70. The maximum absolute atomic E-state index is 9.22. The molecule has 0 bridgehead atoms. The summed E-state index contributed by atoms with van der Waals surface area (Å²) in [6.07, 6.45) is 0. The van der Waals surface area contributed by atoms with E-state index in [-0.39, 0.29) is 5.91 Å². The fraction of sp³-hybridized carbons (Fsp3) is 0.833. The van der Waals surface area contributed by atoms with E-state index in [0.717, 1.165) is 13.2 Å². The Balaban J connectivity index is 0. The van der Waals surface area contributed by atoms with E-state index in [0.29, 0.717) is 0 Å². The third-order valence-corrected chi connectivity index (χ3v) is 0.408. The second kappa shape index (κ2) is 10.4. The molecule has 0 atom stereocenters. The second-order valence-electron chi connectivity index (χ2n) is 1.39. The van der Waals surface area contributed by atoms with Gasteiger partial charge in [-0.25, -0.2) is 0 Å². The molecular formula is C6H15NO2. The lowest BCUT2D eigenvalue weighted by Gasteiger charge is -1.86. The SMILES string of the molecule is CC(N)=O.CCOCC. The van der Waals surface area contributed by atoms with Crippen LogP contribution in [0, 0.1) is 0 Å². The largest absolute Gasteiger partial charge is 0.382 e. The van der Waals surface area contributed by atoms with Crippen molar-refractivity contribution in [2.75, 3.05) is 13.2 Å². The van der Waals surface area contributed by atoms with Gasteiger partial charge in [-0.2, -0.15) is 0 Å². The molecule has 0 aliphatic rings. The number of hydrogen-bond acceptors (Lipinski definition) is 2. The Morgan fingerprint density at radius 3 is 1.67 bits per heavy atom. The molecule has 0 heterocycles. The third-order valence-electron chi connectivity index (χ3n) is 0.408. The van der Waals surface area contributed by atoms with Crippen molar-refractivity contribution in [2.24, 2.45) is 5.73 Å². The summed E-state index contributed by atoms with van der Waals surface area (Å²) in [4.78, 5) is 9.22. The van der Waals surface area contributed by atoms with Gasteiger partial charge in [0.05, 0.1) is 0 Å². The Labute approximate surface area is 56.2 Å². The van der Waals surface area contributed by atoms with Crippen LogP contribution in [0.1, 0.15) is 20.8 Å². The van der Waals surface area contributed by atoms with Crippen molar-refractivity contribution < 1.29 is 9.53 Å². The predicted octanol–water partition coefficient (Wildman–Crippen LogP) is 0.534. The summed E-state index contributed by atoms with van der Waals surface area (Å²) in [6, 6.07) is 0. The van der Waals surface area contributed by atoms with Crippen LogP contribution in [0.4, 0.5) is 0 Å². The van der Waals surface area contributed by atoms with Crippen molar-refractivity contribution in [3.63, 3.8) is 0 Å². The van der Waals surface area contributed by atoms with Gasteiger partial charge in [-0.15, -0.1) is 0 Å². The van der Waals surface area contributed by atoms with Crippen LogP contribution in [0.5, 0.6) is 0 Å². The van der Waals surface area contributed by atoms with E-state index < -0.39 is 0 Å². The quantitative estimate of drug-likeness (QED) is 0.597. The topological polar surface area (TPSA) is 52.3 Å². The van der Waals surface area contributed by atoms with Crippen LogP contribution in [-0.4, -0.2) is 19.1 Å². The molecule has 3 nitrogen and oxygen atoms in total. The molecule has 0 rings (SSSR count). The summed E-state index contributed by atoms with van der Waals surface area (Å²) in [5.41, 5.74) is 4.47. The summed E-state index contributed by atoms with van der Waals surface area (Å²) in [5.74, 6) is -0.333. The smallest absolute Gasteiger partial charge is 0.214 e. The Hall–Kier alpha value is -0.570. The van der Waals surface area contributed by atoms with Crippen LogP contribution in [0.15, 0.2) is 0 Å². The van der Waals surface area contributed by atoms with Gasteiger partial charge < -0.3 is 10.5 Å². The zero-order valence-corrected chi connectivity index (χ0v) is 6.31. The average molecular weight is 133 g/mol. The van der Waals surface area contributed by atoms with Crippen molar-refractivity contribution in [1.82, 2.24) is 0 Å². The van der Waals surface area contributed by atoms with Crippen molar-refractivity contribution in [2.45, 2.75) is 20.8 Å². The highest BCUT2D eigenvalue weighted by Crippen LogP contribution is 1.64. The third kappa shape index (κ3) is 107. The van der Waals surface area contributed by atoms with E-state index in [9.17, 15) is 4.79 Å². The number of nitrogens with two attached hydrogens (primary N) is 1. The number of primary amides is 1. The van der Waals surface area contributed by atoms with Gasteiger partial charge in [0.2, 0.25) is 5.91 Å². The van der Waals surface area contributed by atoms with E-state index in [4.69, 9.17) is 4.74 Å². The number of rotatable bonds is 2. The maximum atomic E-state index is 9.22. The fourth-order valence-electron chi connectivity index (χ4n) is 0.204. The maximum Gasteiger partial charge on any atom is 0.214 e. The molecule has 0 saturated heterocycles. The van der Waals surface area contributed by atoms with Crippen LogP contribution >= 0.6 is 0 Å². The minimum absolute atomic E-state index is 0.333. The Morgan fingerprint density at radius 2 is 1.67 bits per heavy atom. The molecule has 0 aromatic rings. The van der Waals surface area contributed by atoms with Crippen LogP contribution in [0.2, 0.25) is 0 Å². The van der Waals surface area contributed by atoms with E-state index >= 15 is 0 Å². The van der Waals surface area contributed by atoms with E-state index in [1.54, 1.807) is 0 Å². The molecular weight excluding hydrogens is 118 g/mol. The second-order valence-corrected chi connectivity index (χ2v) is 1.39. The van der Waals surface area contributed by atoms with Crippen LogP contribution < -0.4 is 5.73 Å². The van der Waals surface area contributed by atoms with Crippen LogP contribution in [0.3, 0.4) is 0 Å². The average Bonchev–Trinajstić information content (AvgIpc) is 1.66. The Morgan fingerprint density at radius 1 is 1.44 bits per heavy atom. The molecule has 0 spiro atoms. The highest BCUT2D eigenvalue weighted by Gasteiger charge is 1.64. The van der Waals surface area contributed by atoms with Crippen LogP contribution in [-0.2, 0) is 9.53 Å². The van der Waals surface area contributed by atoms with Crippen molar-refractivity contribution >= 4 is 5.91 Å². The van der Waals surface area contributed by atoms with Gasteiger partial charge in [-0.05, 0) is 13.8 Å². The summed E-state index contributed by atoms with van der Waals surface area (Å²) in [6.45, 7) is 6.97. The summed E-state index contributed by atoms with van der Waals surface area (Å²) < 4.78 is 4.83. The molecule has 0 aliphatic carbocycles. The summed E-state index contributed by atoms with van der Waals surface area (Å²) in [5, 5.41) is 0. The molecule has 1 amide bonds. The Kier molecular flexibility index (Phi) is 13.0. The van der Waals surface area contributed by atoms with Crippen molar-refractivity contribution in [1.29, 1.82) is 0 Å². The molecule has 0 radical (unpaired) electrons. The van der Waals surface area contributed by atoms with Gasteiger partial charge in [0.25, 0.3) is 0 Å². The van der Waals surface area contributed by atoms with Gasteiger partial charge in [-0.3, -0.25) is 4.79 Å². The molecule has 0 saturated carbocycles.